The molecule has 5 nitrogen and oxygen atoms in total. The van der Waals surface area contributed by atoms with Gasteiger partial charge >= 0.3 is 0 Å². The fraction of sp³-hybridized carbons (Fsp3) is 0.647. The van der Waals surface area contributed by atoms with Gasteiger partial charge in [-0.2, -0.15) is 0 Å². The molecule has 5 heteroatoms. The topological polar surface area (TPSA) is 39.7 Å². The van der Waals surface area contributed by atoms with Crippen LogP contribution in [0.2, 0.25) is 0 Å². The van der Waals surface area contributed by atoms with Gasteiger partial charge in [-0.3, -0.25) is 9.78 Å². The quantitative estimate of drug-likeness (QED) is 0.807. The molecule has 0 bridgehead atoms. The summed E-state index contributed by atoms with van der Waals surface area (Å²) in [6, 6.07) is 3.89. The van der Waals surface area contributed by atoms with Crippen LogP contribution < -0.4 is 4.90 Å². The van der Waals surface area contributed by atoms with E-state index in [4.69, 9.17) is 0 Å². The minimum Gasteiger partial charge on any atom is -0.374 e. The smallest absolute Gasteiger partial charge is 0.272 e. The maximum atomic E-state index is 12.6. The van der Waals surface area contributed by atoms with Crippen LogP contribution in [0.1, 0.15) is 37.2 Å². The van der Waals surface area contributed by atoms with Gasteiger partial charge in [0.2, 0.25) is 0 Å². The lowest BCUT2D eigenvalue weighted by molar-refractivity contribution is 0.0637. The molecule has 1 saturated heterocycles. The number of unbranched alkanes of at least 4 members (excludes halogenated alkanes) is 1. The highest BCUT2D eigenvalue weighted by Crippen LogP contribution is 2.15. The first-order valence-corrected chi connectivity index (χ1v) is 8.34. The molecule has 0 radical (unpaired) electrons. The second-order valence-corrected chi connectivity index (χ2v) is 5.90. The SMILES string of the molecule is CCCCN(C)c1ccnc(C(=O)N2CCN(CC)CC2)c1. The van der Waals surface area contributed by atoms with Crippen LogP contribution in [0.25, 0.3) is 0 Å². The van der Waals surface area contributed by atoms with Crippen molar-refractivity contribution < 1.29 is 4.79 Å². The summed E-state index contributed by atoms with van der Waals surface area (Å²) in [6.45, 7) is 9.91. The van der Waals surface area contributed by atoms with Crippen LogP contribution in [0.5, 0.6) is 0 Å². The summed E-state index contributed by atoms with van der Waals surface area (Å²) < 4.78 is 0. The lowest BCUT2D eigenvalue weighted by Gasteiger charge is -2.34. The number of carbonyl (C=O) groups is 1. The maximum Gasteiger partial charge on any atom is 0.272 e. The van der Waals surface area contributed by atoms with Gasteiger partial charge in [0.15, 0.2) is 0 Å². The zero-order valence-corrected chi connectivity index (χ0v) is 14.1. The second-order valence-electron chi connectivity index (χ2n) is 5.90. The van der Waals surface area contributed by atoms with Gasteiger partial charge in [0, 0.05) is 51.7 Å². The highest BCUT2D eigenvalue weighted by atomic mass is 16.2. The molecule has 0 aromatic carbocycles. The van der Waals surface area contributed by atoms with Crippen molar-refractivity contribution in [2.75, 3.05) is 51.2 Å². The predicted octanol–water partition coefficient (Wildman–Crippen LogP) is 2.10. The summed E-state index contributed by atoms with van der Waals surface area (Å²) in [5.41, 5.74) is 1.63. The van der Waals surface area contributed by atoms with E-state index < -0.39 is 0 Å². The average molecular weight is 304 g/mol. The van der Waals surface area contributed by atoms with Crippen molar-refractivity contribution >= 4 is 11.6 Å². The minimum atomic E-state index is 0.0569. The Kier molecular flexibility index (Phi) is 6.19. The molecule has 1 aromatic heterocycles. The molecule has 122 valence electrons. The first-order chi connectivity index (χ1) is 10.7. The summed E-state index contributed by atoms with van der Waals surface area (Å²) in [4.78, 5) is 23.4. The van der Waals surface area contributed by atoms with E-state index in [9.17, 15) is 4.79 Å². The van der Waals surface area contributed by atoms with Crippen LogP contribution in [-0.2, 0) is 0 Å². The highest BCUT2D eigenvalue weighted by Gasteiger charge is 2.22. The molecule has 1 aliphatic rings. The number of likely N-dealkylation sites (N-methyl/N-ethyl adjacent to an activating group) is 1. The normalized spacial score (nSPS) is 15.9. The molecule has 2 heterocycles. The fourth-order valence-electron chi connectivity index (χ4n) is 2.73. The third kappa shape index (κ3) is 4.19. The van der Waals surface area contributed by atoms with Crippen molar-refractivity contribution in [1.29, 1.82) is 0 Å². The molecule has 22 heavy (non-hydrogen) atoms. The Morgan fingerprint density at radius 3 is 2.64 bits per heavy atom. The number of amides is 1. The zero-order chi connectivity index (χ0) is 15.9. The lowest BCUT2D eigenvalue weighted by atomic mass is 10.2. The third-order valence-electron chi connectivity index (χ3n) is 4.36. The van der Waals surface area contributed by atoms with Crippen molar-refractivity contribution in [2.45, 2.75) is 26.7 Å². The molecule has 0 saturated carbocycles. The summed E-state index contributed by atoms with van der Waals surface area (Å²) in [5, 5.41) is 0. The number of nitrogens with zero attached hydrogens (tertiary/aromatic N) is 4. The second kappa shape index (κ2) is 8.13. The number of carbonyl (C=O) groups excluding carboxylic acids is 1. The lowest BCUT2D eigenvalue weighted by Crippen LogP contribution is -2.48. The summed E-state index contributed by atoms with van der Waals surface area (Å²) in [7, 11) is 2.07. The maximum absolute atomic E-state index is 12.6. The van der Waals surface area contributed by atoms with Crippen molar-refractivity contribution in [1.82, 2.24) is 14.8 Å². The minimum absolute atomic E-state index is 0.0569. The summed E-state index contributed by atoms with van der Waals surface area (Å²) in [5.74, 6) is 0.0569. The van der Waals surface area contributed by atoms with E-state index in [0.29, 0.717) is 5.69 Å². The van der Waals surface area contributed by atoms with Gasteiger partial charge in [0.05, 0.1) is 0 Å². The Hall–Kier alpha value is -1.62. The van der Waals surface area contributed by atoms with Crippen molar-refractivity contribution in [3.8, 4) is 0 Å². The first-order valence-electron chi connectivity index (χ1n) is 8.34. The monoisotopic (exact) mass is 304 g/mol. The first kappa shape index (κ1) is 16.7. The molecular formula is C17H28N4O. The van der Waals surface area contributed by atoms with Gasteiger partial charge < -0.3 is 14.7 Å². The van der Waals surface area contributed by atoms with E-state index in [2.05, 4.69) is 35.7 Å². The van der Waals surface area contributed by atoms with Crippen molar-refractivity contribution in [3.63, 3.8) is 0 Å². The third-order valence-corrected chi connectivity index (χ3v) is 4.36. The molecule has 0 unspecified atom stereocenters. The Labute approximate surface area is 133 Å². The molecule has 0 atom stereocenters. The predicted molar refractivity (Wildman–Crippen MR) is 90.4 cm³/mol. The van der Waals surface area contributed by atoms with Crippen LogP contribution in [0.15, 0.2) is 18.3 Å². The van der Waals surface area contributed by atoms with Gasteiger partial charge in [0.25, 0.3) is 5.91 Å². The van der Waals surface area contributed by atoms with E-state index in [1.807, 2.05) is 17.0 Å². The molecule has 0 spiro atoms. The molecule has 1 aliphatic heterocycles. The molecule has 1 aromatic rings. The van der Waals surface area contributed by atoms with Gasteiger partial charge in [-0.15, -0.1) is 0 Å². The molecule has 1 amide bonds. The molecule has 1 fully saturated rings. The highest BCUT2D eigenvalue weighted by molar-refractivity contribution is 5.93. The van der Waals surface area contributed by atoms with Gasteiger partial charge in [-0.05, 0) is 25.1 Å². The van der Waals surface area contributed by atoms with E-state index >= 15 is 0 Å². The molecular weight excluding hydrogens is 276 g/mol. The molecule has 0 aliphatic carbocycles. The van der Waals surface area contributed by atoms with Crippen LogP contribution >= 0.6 is 0 Å². The van der Waals surface area contributed by atoms with Crippen LogP contribution in [-0.4, -0.2) is 67.0 Å². The van der Waals surface area contributed by atoms with Gasteiger partial charge in [0.1, 0.15) is 5.69 Å². The number of pyridine rings is 1. The Bertz CT molecular complexity index is 483. The Morgan fingerprint density at radius 1 is 1.27 bits per heavy atom. The summed E-state index contributed by atoms with van der Waals surface area (Å²) >= 11 is 0. The van der Waals surface area contributed by atoms with E-state index in [-0.39, 0.29) is 5.91 Å². The standard InChI is InChI=1S/C17H28N4O/c1-4-6-9-19(3)15-7-8-18-16(14-15)17(22)21-12-10-20(5-2)11-13-21/h7-8,14H,4-6,9-13H2,1-3H3. The van der Waals surface area contributed by atoms with Gasteiger partial charge in [-0.1, -0.05) is 20.3 Å². The Balaban J connectivity index is 2.01. The van der Waals surface area contributed by atoms with Crippen LogP contribution in [0.4, 0.5) is 5.69 Å². The average Bonchev–Trinajstić information content (AvgIpc) is 2.59. The van der Waals surface area contributed by atoms with Crippen molar-refractivity contribution in [3.05, 3.63) is 24.0 Å². The Morgan fingerprint density at radius 2 is 2.00 bits per heavy atom. The van der Waals surface area contributed by atoms with Crippen LogP contribution in [0.3, 0.4) is 0 Å². The summed E-state index contributed by atoms with van der Waals surface area (Å²) in [6.07, 6.45) is 4.07. The van der Waals surface area contributed by atoms with E-state index in [1.165, 1.54) is 6.42 Å². The largest absolute Gasteiger partial charge is 0.374 e. The number of aromatic nitrogens is 1. The van der Waals surface area contributed by atoms with E-state index in [1.54, 1.807) is 6.20 Å². The zero-order valence-electron chi connectivity index (χ0n) is 14.1. The van der Waals surface area contributed by atoms with Crippen molar-refractivity contribution in [2.24, 2.45) is 0 Å². The van der Waals surface area contributed by atoms with Gasteiger partial charge in [-0.25, -0.2) is 0 Å². The van der Waals surface area contributed by atoms with Crippen LogP contribution in [0, 0.1) is 0 Å². The number of hydrogen-bond acceptors (Lipinski definition) is 4. The molecule has 2 rings (SSSR count). The fourth-order valence-corrected chi connectivity index (χ4v) is 2.73. The molecule has 0 N–H and O–H groups in total. The number of hydrogen-bond donors (Lipinski definition) is 0. The number of piperazine rings is 1. The number of rotatable bonds is 6. The van der Waals surface area contributed by atoms with E-state index in [0.717, 1.165) is 51.4 Å². The number of anilines is 1.